The fourth-order valence-corrected chi connectivity index (χ4v) is 1.06. The predicted molar refractivity (Wildman–Crippen MR) is 85.6 cm³/mol. The number of carbonyl (C=O) groups excluding carboxylic acids is 1. The van der Waals surface area contributed by atoms with Gasteiger partial charge in [-0.1, -0.05) is 6.58 Å². The van der Waals surface area contributed by atoms with Crippen molar-refractivity contribution in [3.05, 3.63) is 12.7 Å². The topological polar surface area (TPSA) is 422 Å². The summed E-state index contributed by atoms with van der Waals surface area (Å²) >= 11 is 0. The van der Waals surface area contributed by atoms with Gasteiger partial charge in [-0.15, -0.1) is 0 Å². The average molecular weight is 452 g/mol. The van der Waals surface area contributed by atoms with Gasteiger partial charge in [0.2, 0.25) is 5.91 Å². The monoisotopic (exact) mass is 453 g/mol. The molecule has 2 bridgehead atoms. The van der Waals surface area contributed by atoms with Gasteiger partial charge in [-0.25, -0.2) is 0 Å². The second kappa shape index (κ2) is 25.8. The zero-order valence-electron chi connectivity index (χ0n) is 14.9. The van der Waals surface area contributed by atoms with Crippen molar-refractivity contribution in [1.29, 1.82) is 0 Å². The van der Waals surface area contributed by atoms with Crippen LogP contribution in [0.2, 0.25) is 0 Å². The molecule has 0 aromatic carbocycles. The molecule has 1 amide bonds. The third-order valence-corrected chi connectivity index (χ3v) is 1.70. The number of rotatable bonds is 1. The zero-order valence-corrected chi connectivity index (χ0v) is 18.9. The van der Waals surface area contributed by atoms with Gasteiger partial charge in [0.1, 0.15) is 0 Å². The molecule has 2 aliphatic rings. The number of primary amides is 1. The maximum Gasteiger partial charge on any atom is 1.00 e. The molecule has 19 nitrogen and oxygen atoms in total. The first-order valence-electron chi connectivity index (χ1n) is 4.58. The molecular weight excluding hydrogens is 427 g/mol. The Balaban J connectivity index is -0.0000000249. The fraction of sp³-hybridized carbons (Fsp3) is 0. The minimum Gasteiger partial charge on any atom is -0.679 e. The normalized spacial score (nSPS) is 22.1. The summed E-state index contributed by atoms with van der Waals surface area (Å²) in [5, 5.41) is 35.9. The van der Waals surface area contributed by atoms with Crippen molar-refractivity contribution < 1.29 is 151 Å². The molecule has 0 atom stereocenters. The van der Waals surface area contributed by atoms with E-state index in [1.807, 2.05) is 0 Å². The Morgan fingerprint density at radius 1 is 0.786 bits per heavy atom. The van der Waals surface area contributed by atoms with E-state index in [0.717, 1.165) is 6.08 Å². The van der Waals surface area contributed by atoms with Crippen LogP contribution in [0.3, 0.4) is 0 Å². The van der Waals surface area contributed by atoms with Crippen LogP contribution in [0.1, 0.15) is 0 Å². The van der Waals surface area contributed by atoms with Crippen LogP contribution in [0, 0.1) is 0 Å². The molecule has 0 spiro atoms. The molecule has 0 aromatic heterocycles. The number of fused-ring (bicyclic) bond motifs is 2. The van der Waals surface area contributed by atoms with Crippen LogP contribution in [0.4, 0.5) is 0 Å². The van der Waals surface area contributed by atoms with Crippen LogP contribution in [0.15, 0.2) is 12.7 Å². The molecule has 25 heteroatoms. The first kappa shape index (κ1) is 63.0. The molecule has 0 unspecified atom stereocenters. The van der Waals surface area contributed by atoms with Gasteiger partial charge in [0.05, 0.1) is 0 Å². The van der Waals surface area contributed by atoms with Gasteiger partial charge in [-0.3, -0.25) is 4.79 Å². The summed E-state index contributed by atoms with van der Waals surface area (Å²) in [6.45, 7) is -3.81. The van der Waals surface area contributed by atoms with Crippen LogP contribution in [-0.4, -0.2) is 98.4 Å². The van der Waals surface area contributed by atoms with Gasteiger partial charge in [-0.2, -0.15) is 0 Å². The van der Waals surface area contributed by atoms with Crippen LogP contribution in [0.5, 0.6) is 0 Å². The van der Waals surface area contributed by atoms with E-state index in [-0.39, 0.29) is 103 Å². The average Bonchev–Trinajstić information content (AvgIpc) is 2.12. The quantitative estimate of drug-likeness (QED) is 0.184. The van der Waals surface area contributed by atoms with E-state index < -0.39 is 34.5 Å². The fourth-order valence-electron chi connectivity index (χ4n) is 1.06. The second-order valence-corrected chi connectivity index (χ2v) is 3.11. The molecule has 0 radical (unpaired) electrons. The summed E-state index contributed by atoms with van der Waals surface area (Å²) < 4.78 is 21.1. The Kier molecular flexibility index (Phi) is 58.1. The maximum absolute atomic E-state index is 9.47. The third-order valence-electron chi connectivity index (χ3n) is 1.70. The van der Waals surface area contributed by atoms with Gasteiger partial charge in [-0.05, 0) is 6.08 Å². The van der Waals surface area contributed by atoms with E-state index in [0.29, 0.717) is 0 Å². The number of hydrogen-bond acceptors (Lipinski definition) is 10. The summed E-state index contributed by atoms with van der Waals surface area (Å²) in [4.78, 5) is 9.47. The maximum atomic E-state index is 9.47. The van der Waals surface area contributed by atoms with Crippen molar-refractivity contribution in [1.82, 2.24) is 0 Å². The summed E-state index contributed by atoms with van der Waals surface area (Å²) in [5.41, 5.74) is 4.53. The second-order valence-electron chi connectivity index (χ2n) is 3.11. The van der Waals surface area contributed by atoms with Crippen molar-refractivity contribution in [2.45, 2.75) is 0 Å². The van der Waals surface area contributed by atoms with E-state index in [1.54, 1.807) is 0 Å². The molecule has 2 aliphatic heterocycles. The molecule has 28 heavy (non-hydrogen) atoms. The minimum atomic E-state index is -3.45. The molecule has 2 heterocycles. The van der Waals surface area contributed by atoms with E-state index in [9.17, 15) is 14.8 Å². The van der Waals surface area contributed by atoms with E-state index in [1.165, 1.54) is 0 Å². The Labute approximate surface area is 202 Å². The van der Waals surface area contributed by atoms with Crippen LogP contribution >= 0.6 is 0 Å². The first-order valence-corrected chi connectivity index (χ1v) is 4.58. The Morgan fingerprint density at radius 3 is 1.11 bits per heavy atom. The third kappa shape index (κ3) is 21.5. The van der Waals surface area contributed by atoms with Crippen LogP contribution < -0.4 is 64.8 Å². The van der Waals surface area contributed by atoms with Crippen molar-refractivity contribution >= 4 is 34.5 Å². The Morgan fingerprint density at radius 2 is 0.964 bits per heavy atom. The minimum absolute atomic E-state index is 0. The van der Waals surface area contributed by atoms with Gasteiger partial charge in [0, 0.05) is 0 Å². The number of hydrogen-bond donors (Lipinski definition) is 5. The SMILES string of the molecule is C=CC(N)=O.O.O.O.O.O.O.O.O.OB1O[B-]2(O)OB(O)O[B-](O)(O1)O2.[Na+].[Na+]. The zero-order chi connectivity index (χ0) is 14.0. The van der Waals surface area contributed by atoms with Gasteiger partial charge in [0.15, 0.2) is 0 Å². The van der Waals surface area contributed by atoms with E-state index in [4.69, 9.17) is 10.0 Å². The molecular formula is C3H25B4NNa2O18. The van der Waals surface area contributed by atoms with Gasteiger partial charge < -0.3 is 92.5 Å². The van der Waals surface area contributed by atoms with Crippen molar-refractivity contribution in [2.75, 3.05) is 0 Å². The predicted octanol–water partition coefficient (Wildman–Crippen LogP) is -17.0. The summed E-state index contributed by atoms with van der Waals surface area (Å²) in [5.74, 6) is -0.481. The molecule has 0 aliphatic carbocycles. The summed E-state index contributed by atoms with van der Waals surface area (Å²) in [7, 11) is -3.92. The molecule has 2 rings (SSSR count). The Hall–Kier alpha value is 0.790. The van der Waals surface area contributed by atoms with Crippen LogP contribution in [-0.2, 0) is 27.7 Å². The van der Waals surface area contributed by atoms with E-state index in [2.05, 4.69) is 35.2 Å². The molecule has 0 saturated carbocycles. The number of carbonyl (C=O) groups is 1. The molecule has 2 fully saturated rings. The number of nitrogens with two attached hydrogens (primary N) is 1. The Bertz CT molecular complexity index is 321. The van der Waals surface area contributed by atoms with Crippen LogP contribution in [0.25, 0.3) is 0 Å². The molecule has 22 N–H and O–H groups in total. The summed E-state index contributed by atoms with van der Waals surface area (Å²) in [6, 6.07) is 0. The smallest absolute Gasteiger partial charge is 0.679 e. The molecule has 0 aromatic rings. The standard InChI is InChI=1S/C3H5NO.B4H4O9.2Na.8H2O/c1-2-3(4)5;5-1-9-3(7)11-2(6)12-4(8,10-1)13-3;;;;;;;;;;/h2H,1H2,(H2,4,5);5-8H;;;8*1H2/q;-2;2*+1;;;;;;;;. The van der Waals surface area contributed by atoms with Gasteiger partial charge >= 0.3 is 87.7 Å². The van der Waals surface area contributed by atoms with Crippen molar-refractivity contribution in [3.63, 3.8) is 0 Å². The van der Waals surface area contributed by atoms with Gasteiger partial charge in [0.25, 0.3) is 0 Å². The first-order chi connectivity index (χ1) is 8.18. The largest absolute Gasteiger partial charge is 1.00 e. The van der Waals surface area contributed by atoms with Crippen molar-refractivity contribution in [3.8, 4) is 0 Å². The number of amides is 1. The molecule has 2 saturated heterocycles. The van der Waals surface area contributed by atoms with Crippen molar-refractivity contribution in [2.24, 2.45) is 5.73 Å². The van der Waals surface area contributed by atoms with E-state index >= 15 is 0 Å². The molecule has 164 valence electrons. The summed E-state index contributed by atoms with van der Waals surface area (Å²) in [6.07, 6.45) is 1.06.